The van der Waals surface area contributed by atoms with Crippen molar-refractivity contribution in [3.63, 3.8) is 0 Å². The molecular weight excluding hydrogens is 314 g/mol. The number of rotatable bonds is 5. The molecule has 0 aromatic heterocycles. The summed E-state index contributed by atoms with van der Waals surface area (Å²) in [7, 11) is 0. The molecule has 1 aromatic carbocycles. The van der Waals surface area contributed by atoms with E-state index >= 15 is 0 Å². The average molecular weight is 343 g/mol. The second-order valence-electron chi connectivity index (χ2n) is 7.79. The van der Waals surface area contributed by atoms with Crippen LogP contribution in [0.4, 0.5) is 5.69 Å². The maximum Gasteiger partial charge on any atom is 0.224 e. The number of benzene rings is 1. The van der Waals surface area contributed by atoms with Gasteiger partial charge >= 0.3 is 0 Å². The van der Waals surface area contributed by atoms with Gasteiger partial charge < -0.3 is 10.6 Å². The molecule has 136 valence electrons. The third kappa shape index (κ3) is 5.71. The van der Waals surface area contributed by atoms with Crippen LogP contribution < -0.4 is 10.6 Å². The zero-order valence-corrected chi connectivity index (χ0v) is 15.6. The van der Waals surface area contributed by atoms with Gasteiger partial charge in [0.2, 0.25) is 11.8 Å². The molecule has 1 heterocycles. The number of anilines is 1. The summed E-state index contributed by atoms with van der Waals surface area (Å²) in [6.45, 7) is 12.9. The molecular formula is C20H29N3O2. The van der Waals surface area contributed by atoms with Crippen molar-refractivity contribution in [1.29, 1.82) is 0 Å². The summed E-state index contributed by atoms with van der Waals surface area (Å²) in [4.78, 5) is 26.0. The highest BCUT2D eigenvalue weighted by Gasteiger charge is 2.35. The van der Waals surface area contributed by atoms with Crippen molar-refractivity contribution in [1.82, 2.24) is 10.2 Å². The number of nitrogens with zero attached hydrogens (tertiary/aromatic N) is 1. The van der Waals surface area contributed by atoms with Crippen molar-refractivity contribution >= 4 is 17.5 Å². The Kier molecular flexibility index (Phi) is 6.01. The molecule has 2 atom stereocenters. The normalized spacial score (nSPS) is 21.0. The van der Waals surface area contributed by atoms with Crippen molar-refractivity contribution in [3.05, 3.63) is 42.5 Å². The van der Waals surface area contributed by atoms with Gasteiger partial charge in [-0.25, -0.2) is 0 Å². The van der Waals surface area contributed by atoms with E-state index in [-0.39, 0.29) is 29.3 Å². The molecule has 0 saturated carbocycles. The zero-order chi connectivity index (χ0) is 18.6. The Labute approximate surface area is 150 Å². The molecule has 1 saturated heterocycles. The number of nitrogens with one attached hydrogen (secondary N) is 2. The molecule has 5 nitrogen and oxygen atoms in total. The highest BCUT2D eigenvalue weighted by Crippen LogP contribution is 2.27. The molecule has 0 radical (unpaired) electrons. The minimum atomic E-state index is -0.221. The SMILES string of the molecule is C=CC1CC(C(=O)NC(C)(C)C)CN1Cc1cccc(NC(C)=O)c1. The van der Waals surface area contributed by atoms with Crippen molar-refractivity contribution < 1.29 is 9.59 Å². The number of hydrogen-bond acceptors (Lipinski definition) is 3. The molecule has 1 aliphatic rings. The van der Waals surface area contributed by atoms with Gasteiger partial charge in [0.25, 0.3) is 0 Å². The Bertz CT molecular complexity index is 649. The number of amides is 2. The van der Waals surface area contributed by atoms with E-state index < -0.39 is 0 Å². The molecule has 2 amide bonds. The maximum atomic E-state index is 12.5. The van der Waals surface area contributed by atoms with E-state index in [0.717, 1.165) is 24.2 Å². The first-order valence-electron chi connectivity index (χ1n) is 8.73. The van der Waals surface area contributed by atoms with Gasteiger partial charge in [-0.3, -0.25) is 14.5 Å². The fourth-order valence-electron chi connectivity index (χ4n) is 3.21. The van der Waals surface area contributed by atoms with Crippen LogP contribution in [0.5, 0.6) is 0 Å². The molecule has 1 fully saturated rings. The lowest BCUT2D eigenvalue weighted by Gasteiger charge is -2.23. The van der Waals surface area contributed by atoms with Gasteiger partial charge in [0.1, 0.15) is 0 Å². The van der Waals surface area contributed by atoms with Gasteiger partial charge in [0.15, 0.2) is 0 Å². The number of carbonyl (C=O) groups excluding carboxylic acids is 2. The Morgan fingerprint density at radius 1 is 1.36 bits per heavy atom. The standard InChI is InChI=1S/C20H29N3O2/c1-6-18-11-16(19(25)22-20(3,4)5)13-23(18)12-15-8-7-9-17(10-15)21-14(2)24/h6-10,16,18H,1,11-13H2,2-5H3,(H,21,24)(H,22,25). The van der Waals surface area contributed by atoms with Crippen molar-refractivity contribution in [3.8, 4) is 0 Å². The van der Waals surface area contributed by atoms with E-state index in [1.54, 1.807) is 0 Å². The molecule has 1 aromatic rings. The van der Waals surface area contributed by atoms with Gasteiger partial charge in [-0.15, -0.1) is 6.58 Å². The quantitative estimate of drug-likeness (QED) is 0.808. The van der Waals surface area contributed by atoms with Gasteiger partial charge in [-0.05, 0) is 44.9 Å². The molecule has 0 spiro atoms. The summed E-state index contributed by atoms with van der Waals surface area (Å²) >= 11 is 0. The van der Waals surface area contributed by atoms with Crippen molar-refractivity contribution in [2.75, 3.05) is 11.9 Å². The summed E-state index contributed by atoms with van der Waals surface area (Å²) in [6.07, 6.45) is 2.71. The predicted molar refractivity (Wildman–Crippen MR) is 101 cm³/mol. The summed E-state index contributed by atoms with van der Waals surface area (Å²) in [5.74, 6) is -0.00388. The van der Waals surface area contributed by atoms with Crippen LogP contribution in [0.15, 0.2) is 36.9 Å². The predicted octanol–water partition coefficient (Wildman–Crippen LogP) is 2.94. The van der Waals surface area contributed by atoms with Crippen molar-refractivity contribution in [2.24, 2.45) is 5.92 Å². The zero-order valence-electron chi connectivity index (χ0n) is 15.6. The second kappa shape index (κ2) is 7.83. The topological polar surface area (TPSA) is 61.4 Å². The van der Waals surface area contributed by atoms with E-state index in [4.69, 9.17) is 0 Å². The first-order valence-corrected chi connectivity index (χ1v) is 8.73. The van der Waals surface area contributed by atoms with Crippen LogP contribution >= 0.6 is 0 Å². The van der Waals surface area contributed by atoms with E-state index in [0.29, 0.717) is 6.54 Å². The van der Waals surface area contributed by atoms with E-state index in [1.165, 1.54) is 6.92 Å². The summed E-state index contributed by atoms with van der Waals surface area (Å²) in [5, 5.41) is 5.88. The highest BCUT2D eigenvalue weighted by molar-refractivity contribution is 5.88. The Morgan fingerprint density at radius 3 is 2.68 bits per heavy atom. The lowest BCUT2D eigenvalue weighted by atomic mass is 10.0. The van der Waals surface area contributed by atoms with Crippen LogP contribution in [0, 0.1) is 5.92 Å². The van der Waals surface area contributed by atoms with Crippen LogP contribution in [-0.4, -0.2) is 34.8 Å². The van der Waals surface area contributed by atoms with Crippen LogP contribution in [0.1, 0.15) is 39.7 Å². The lowest BCUT2D eigenvalue weighted by Crippen LogP contribution is -2.44. The molecule has 0 bridgehead atoms. The second-order valence-corrected chi connectivity index (χ2v) is 7.79. The molecule has 0 aliphatic carbocycles. The first kappa shape index (κ1) is 19.2. The van der Waals surface area contributed by atoms with Gasteiger partial charge in [-0.2, -0.15) is 0 Å². The largest absolute Gasteiger partial charge is 0.351 e. The summed E-state index contributed by atoms with van der Waals surface area (Å²) in [6, 6.07) is 8.00. The average Bonchev–Trinajstić information content (AvgIpc) is 2.88. The monoisotopic (exact) mass is 343 g/mol. The molecule has 5 heteroatoms. The summed E-state index contributed by atoms with van der Waals surface area (Å²) < 4.78 is 0. The van der Waals surface area contributed by atoms with Crippen LogP contribution in [0.3, 0.4) is 0 Å². The summed E-state index contributed by atoms with van der Waals surface area (Å²) in [5.41, 5.74) is 1.68. The fraction of sp³-hybridized carbons (Fsp3) is 0.500. The molecule has 2 rings (SSSR count). The van der Waals surface area contributed by atoms with E-state index in [1.807, 2.05) is 51.1 Å². The van der Waals surface area contributed by atoms with E-state index in [9.17, 15) is 9.59 Å². The Morgan fingerprint density at radius 2 is 2.08 bits per heavy atom. The smallest absolute Gasteiger partial charge is 0.224 e. The number of likely N-dealkylation sites (tertiary alicyclic amines) is 1. The molecule has 1 aliphatic heterocycles. The van der Waals surface area contributed by atoms with Gasteiger partial charge in [0.05, 0.1) is 5.92 Å². The minimum Gasteiger partial charge on any atom is -0.351 e. The number of carbonyl (C=O) groups is 2. The number of hydrogen-bond donors (Lipinski definition) is 2. The lowest BCUT2D eigenvalue weighted by molar-refractivity contribution is -0.126. The van der Waals surface area contributed by atoms with E-state index in [2.05, 4.69) is 22.1 Å². The third-order valence-corrected chi connectivity index (χ3v) is 4.22. The molecule has 2 N–H and O–H groups in total. The van der Waals surface area contributed by atoms with Gasteiger partial charge in [-0.1, -0.05) is 18.2 Å². The highest BCUT2D eigenvalue weighted by atomic mass is 16.2. The van der Waals surface area contributed by atoms with Gasteiger partial charge in [0, 0.05) is 37.3 Å². The fourth-order valence-corrected chi connectivity index (χ4v) is 3.21. The Hall–Kier alpha value is -2.14. The Balaban J connectivity index is 2.05. The van der Waals surface area contributed by atoms with Crippen LogP contribution in [0.2, 0.25) is 0 Å². The van der Waals surface area contributed by atoms with Crippen LogP contribution in [0.25, 0.3) is 0 Å². The molecule has 25 heavy (non-hydrogen) atoms. The maximum absolute atomic E-state index is 12.5. The third-order valence-electron chi connectivity index (χ3n) is 4.22. The minimum absolute atomic E-state index is 0.0271. The van der Waals surface area contributed by atoms with Crippen molar-refractivity contribution in [2.45, 2.75) is 52.2 Å². The molecule has 2 unspecified atom stereocenters. The first-order chi connectivity index (χ1) is 11.7. The van der Waals surface area contributed by atoms with Crippen LogP contribution in [-0.2, 0) is 16.1 Å².